The SMILES string of the molecule is CCc1nc2ccccc2c(=O)n1CC1(O)CCN(C(=O)CN2CCCCC2)CC1. The second-order valence-electron chi connectivity index (χ2n) is 8.73. The van der Waals surface area contributed by atoms with Crippen LogP contribution in [-0.2, 0) is 17.8 Å². The molecule has 2 saturated heterocycles. The molecule has 4 rings (SSSR count). The molecule has 3 heterocycles. The Morgan fingerprint density at radius 2 is 1.80 bits per heavy atom. The molecule has 1 aromatic heterocycles. The molecule has 0 spiro atoms. The van der Waals surface area contributed by atoms with E-state index in [0.717, 1.165) is 13.1 Å². The van der Waals surface area contributed by atoms with E-state index in [2.05, 4.69) is 9.88 Å². The predicted molar refractivity (Wildman–Crippen MR) is 116 cm³/mol. The summed E-state index contributed by atoms with van der Waals surface area (Å²) < 4.78 is 1.63. The highest BCUT2D eigenvalue weighted by Crippen LogP contribution is 2.25. The molecule has 2 aliphatic heterocycles. The third-order valence-corrected chi connectivity index (χ3v) is 6.56. The fraction of sp³-hybridized carbons (Fsp3) is 0.609. The van der Waals surface area contributed by atoms with E-state index in [1.807, 2.05) is 30.0 Å². The van der Waals surface area contributed by atoms with E-state index in [1.165, 1.54) is 19.3 Å². The van der Waals surface area contributed by atoms with Crippen LogP contribution in [0.4, 0.5) is 0 Å². The zero-order valence-electron chi connectivity index (χ0n) is 17.8. The number of likely N-dealkylation sites (tertiary alicyclic amines) is 2. The fourth-order valence-electron chi connectivity index (χ4n) is 4.68. The molecule has 0 bridgehead atoms. The van der Waals surface area contributed by atoms with E-state index in [9.17, 15) is 14.7 Å². The van der Waals surface area contributed by atoms with E-state index in [-0.39, 0.29) is 18.0 Å². The minimum Gasteiger partial charge on any atom is -0.388 e. The highest BCUT2D eigenvalue weighted by molar-refractivity contribution is 5.78. The van der Waals surface area contributed by atoms with Crippen LogP contribution in [0.5, 0.6) is 0 Å². The monoisotopic (exact) mass is 412 g/mol. The van der Waals surface area contributed by atoms with Crippen LogP contribution in [0.3, 0.4) is 0 Å². The van der Waals surface area contributed by atoms with Crippen molar-refractivity contribution < 1.29 is 9.90 Å². The van der Waals surface area contributed by atoms with Gasteiger partial charge in [-0.25, -0.2) is 4.98 Å². The molecule has 2 aromatic rings. The molecular formula is C23H32N4O3. The van der Waals surface area contributed by atoms with Gasteiger partial charge in [-0.1, -0.05) is 25.5 Å². The Kier molecular flexibility index (Phi) is 6.20. The molecule has 0 atom stereocenters. The van der Waals surface area contributed by atoms with Crippen molar-refractivity contribution in [3.05, 3.63) is 40.4 Å². The number of aromatic nitrogens is 2. The minimum absolute atomic E-state index is 0.102. The van der Waals surface area contributed by atoms with Gasteiger partial charge in [0.15, 0.2) is 0 Å². The topological polar surface area (TPSA) is 78.7 Å². The molecule has 162 valence electrons. The smallest absolute Gasteiger partial charge is 0.261 e. The maximum Gasteiger partial charge on any atom is 0.261 e. The number of para-hydroxylation sites is 1. The standard InChI is InChI=1S/C23H32N4O3/c1-2-20-24-19-9-5-4-8-18(19)22(29)27(20)17-23(30)10-14-26(15-11-23)21(28)16-25-12-6-3-7-13-25/h4-5,8-9,30H,2-3,6-7,10-17H2,1H3. The first-order chi connectivity index (χ1) is 14.5. The second-order valence-corrected chi connectivity index (χ2v) is 8.73. The number of amides is 1. The average molecular weight is 413 g/mol. The number of piperidine rings is 2. The van der Waals surface area contributed by atoms with Gasteiger partial charge in [-0.05, 0) is 50.9 Å². The zero-order chi connectivity index (χ0) is 21.1. The van der Waals surface area contributed by atoms with Gasteiger partial charge in [0.05, 0.1) is 29.6 Å². The van der Waals surface area contributed by atoms with Crippen LogP contribution in [0.1, 0.15) is 44.9 Å². The van der Waals surface area contributed by atoms with Crippen LogP contribution in [0, 0.1) is 0 Å². The fourth-order valence-corrected chi connectivity index (χ4v) is 4.68. The maximum absolute atomic E-state index is 13.1. The normalized spacial score (nSPS) is 19.9. The molecule has 0 unspecified atom stereocenters. The summed E-state index contributed by atoms with van der Waals surface area (Å²) in [6.45, 7) is 5.73. The van der Waals surface area contributed by atoms with Crippen molar-refractivity contribution in [2.24, 2.45) is 0 Å². The van der Waals surface area contributed by atoms with E-state index in [0.29, 0.717) is 55.6 Å². The number of hydrogen-bond donors (Lipinski definition) is 1. The summed E-state index contributed by atoms with van der Waals surface area (Å²) >= 11 is 0. The summed E-state index contributed by atoms with van der Waals surface area (Å²) in [7, 11) is 0. The molecule has 1 N–H and O–H groups in total. The number of rotatable bonds is 5. The molecule has 7 heteroatoms. The van der Waals surface area contributed by atoms with E-state index in [1.54, 1.807) is 10.6 Å². The Morgan fingerprint density at radius 1 is 1.10 bits per heavy atom. The Balaban J connectivity index is 1.44. The molecule has 2 fully saturated rings. The summed E-state index contributed by atoms with van der Waals surface area (Å²) in [6, 6.07) is 7.35. The van der Waals surface area contributed by atoms with Crippen LogP contribution in [-0.4, -0.2) is 68.7 Å². The van der Waals surface area contributed by atoms with Gasteiger partial charge in [0.25, 0.3) is 5.56 Å². The van der Waals surface area contributed by atoms with Gasteiger partial charge in [-0.3, -0.25) is 19.1 Å². The number of nitrogens with zero attached hydrogens (tertiary/aromatic N) is 4. The number of carbonyl (C=O) groups is 1. The van der Waals surface area contributed by atoms with Crippen LogP contribution >= 0.6 is 0 Å². The first-order valence-corrected chi connectivity index (χ1v) is 11.2. The largest absolute Gasteiger partial charge is 0.388 e. The number of aryl methyl sites for hydroxylation is 1. The van der Waals surface area contributed by atoms with Gasteiger partial charge in [0, 0.05) is 19.5 Å². The summed E-state index contributed by atoms with van der Waals surface area (Å²) in [5.41, 5.74) is -0.407. The number of hydrogen-bond acceptors (Lipinski definition) is 5. The van der Waals surface area contributed by atoms with E-state index < -0.39 is 5.60 Å². The Hall–Kier alpha value is -2.25. The van der Waals surface area contributed by atoms with Crippen molar-refractivity contribution in [2.45, 2.75) is 57.6 Å². The van der Waals surface area contributed by atoms with Crippen molar-refractivity contribution in [1.29, 1.82) is 0 Å². The van der Waals surface area contributed by atoms with Crippen LogP contribution in [0.15, 0.2) is 29.1 Å². The highest BCUT2D eigenvalue weighted by atomic mass is 16.3. The van der Waals surface area contributed by atoms with Gasteiger partial charge in [0.2, 0.25) is 5.91 Å². The summed E-state index contributed by atoms with van der Waals surface area (Å²) in [6.07, 6.45) is 5.16. The lowest BCUT2D eigenvalue weighted by Gasteiger charge is -2.39. The summed E-state index contributed by atoms with van der Waals surface area (Å²) in [4.78, 5) is 34.5. The van der Waals surface area contributed by atoms with Crippen LogP contribution < -0.4 is 5.56 Å². The number of benzene rings is 1. The number of fused-ring (bicyclic) bond motifs is 1. The first-order valence-electron chi connectivity index (χ1n) is 11.2. The quantitative estimate of drug-likeness (QED) is 0.810. The van der Waals surface area contributed by atoms with Gasteiger partial charge in [-0.2, -0.15) is 0 Å². The Morgan fingerprint density at radius 3 is 2.50 bits per heavy atom. The average Bonchev–Trinajstić information content (AvgIpc) is 2.76. The lowest BCUT2D eigenvalue weighted by molar-refractivity contribution is -0.137. The Labute approximate surface area is 177 Å². The molecule has 0 aliphatic carbocycles. The zero-order valence-corrected chi connectivity index (χ0v) is 17.8. The predicted octanol–water partition coefficient (Wildman–Crippen LogP) is 1.80. The molecule has 1 amide bonds. The van der Waals surface area contributed by atoms with Crippen molar-refractivity contribution >= 4 is 16.8 Å². The first kappa shape index (κ1) is 21.0. The van der Waals surface area contributed by atoms with Gasteiger partial charge in [-0.15, -0.1) is 0 Å². The van der Waals surface area contributed by atoms with Crippen LogP contribution in [0.25, 0.3) is 10.9 Å². The maximum atomic E-state index is 13.1. The van der Waals surface area contributed by atoms with Crippen molar-refractivity contribution in [1.82, 2.24) is 19.4 Å². The Bertz CT molecular complexity index is 957. The second kappa shape index (κ2) is 8.86. The summed E-state index contributed by atoms with van der Waals surface area (Å²) in [5.74, 6) is 0.841. The van der Waals surface area contributed by atoms with Gasteiger partial charge in [0.1, 0.15) is 5.82 Å². The third-order valence-electron chi connectivity index (χ3n) is 6.56. The molecule has 1 aromatic carbocycles. The molecule has 7 nitrogen and oxygen atoms in total. The highest BCUT2D eigenvalue weighted by Gasteiger charge is 2.35. The third kappa shape index (κ3) is 4.42. The van der Waals surface area contributed by atoms with Gasteiger partial charge >= 0.3 is 0 Å². The lowest BCUT2D eigenvalue weighted by Crippen LogP contribution is -2.52. The van der Waals surface area contributed by atoms with E-state index in [4.69, 9.17) is 0 Å². The molecule has 0 radical (unpaired) electrons. The number of aliphatic hydroxyl groups is 1. The van der Waals surface area contributed by atoms with Gasteiger partial charge < -0.3 is 10.0 Å². The van der Waals surface area contributed by atoms with Crippen molar-refractivity contribution in [2.75, 3.05) is 32.7 Å². The number of carbonyl (C=O) groups excluding carboxylic acids is 1. The molecular weight excluding hydrogens is 380 g/mol. The molecule has 30 heavy (non-hydrogen) atoms. The summed E-state index contributed by atoms with van der Waals surface area (Å²) in [5, 5.41) is 11.8. The molecule has 2 aliphatic rings. The van der Waals surface area contributed by atoms with Crippen LogP contribution in [0.2, 0.25) is 0 Å². The molecule has 0 saturated carbocycles. The van der Waals surface area contributed by atoms with Crippen molar-refractivity contribution in [3.8, 4) is 0 Å². The van der Waals surface area contributed by atoms with E-state index >= 15 is 0 Å². The van der Waals surface area contributed by atoms with Crippen molar-refractivity contribution in [3.63, 3.8) is 0 Å². The minimum atomic E-state index is -1.00. The lowest BCUT2D eigenvalue weighted by atomic mass is 9.91.